The zero-order chi connectivity index (χ0) is 25.5. The molecule has 5 nitrogen and oxygen atoms in total. The van der Waals surface area contributed by atoms with E-state index in [9.17, 15) is 9.59 Å². The highest BCUT2D eigenvalue weighted by molar-refractivity contribution is 7.99. The number of aromatic amines is 1. The number of benzene rings is 3. The Bertz CT molecular complexity index is 1830. The highest BCUT2D eigenvalue weighted by Crippen LogP contribution is 2.37. The molecular weight excluding hydrogens is 498 g/mol. The number of Topliss-reactive ketones (excluding diaryl/α,β-unsaturated/α-hetero) is 1. The van der Waals surface area contributed by atoms with Crippen molar-refractivity contribution in [3.8, 4) is 16.8 Å². The molecule has 0 radical (unpaired) electrons. The van der Waals surface area contributed by atoms with Gasteiger partial charge >= 0.3 is 0 Å². The second kappa shape index (κ2) is 9.50. The van der Waals surface area contributed by atoms with Crippen LogP contribution in [0.15, 0.2) is 94.9 Å². The summed E-state index contributed by atoms with van der Waals surface area (Å²) in [4.78, 5) is 37.5. The first-order valence-electron chi connectivity index (χ1n) is 11.9. The topological polar surface area (TPSA) is 67.8 Å². The number of thioether (sulfide) groups is 1. The van der Waals surface area contributed by atoms with Crippen molar-refractivity contribution in [3.05, 3.63) is 111 Å². The molecule has 0 atom stereocenters. The third-order valence-electron chi connectivity index (χ3n) is 6.45. The van der Waals surface area contributed by atoms with Gasteiger partial charge in [0.25, 0.3) is 5.56 Å². The maximum Gasteiger partial charge on any atom is 0.268 e. The second-order valence-electron chi connectivity index (χ2n) is 8.83. The number of nitrogens with one attached hydrogen (secondary N) is 1. The highest BCUT2D eigenvalue weighted by atomic mass is 32.2. The Morgan fingerprint density at radius 2 is 1.62 bits per heavy atom. The average Bonchev–Trinajstić information content (AvgIpc) is 3.43. The lowest BCUT2D eigenvalue weighted by Gasteiger charge is -2.12. The van der Waals surface area contributed by atoms with Crippen molar-refractivity contribution in [1.29, 1.82) is 0 Å². The summed E-state index contributed by atoms with van der Waals surface area (Å²) in [6.07, 6.45) is 0. The van der Waals surface area contributed by atoms with Gasteiger partial charge in [-0.15, -0.1) is 11.3 Å². The van der Waals surface area contributed by atoms with Gasteiger partial charge in [-0.1, -0.05) is 78.5 Å². The highest BCUT2D eigenvalue weighted by Gasteiger charge is 2.22. The summed E-state index contributed by atoms with van der Waals surface area (Å²) in [7, 11) is 0. The second-order valence-corrected chi connectivity index (χ2v) is 11.0. The number of para-hydroxylation sites is 2. The smallest absolute Gasteiger partial charge is 0.268 e. The van der Waals surface area contributed by atoms with Crippen molar-refractivity contribution in [2.75, 3.05) is 5.75 Å². The molecule has 0 aliphatic carbocycles. The molecule has 0 bridgehead atoms. The first kappa shape index (κ1) is 23.5. The van der Waals surface area contributed by atoms with Crippen LogP contribution >= 0.6 is 23.1 Å². The van der Waals surface area contributed by atoms with Crippen LogP contribution in [0.3, 0.4) is 0 Å². The van der Waals surface area contributed by atoms with Crippen molar-refractivity contribution in [2.45, 2.75) is 19.0 Å². The molecule has 3 heterocycles. The first-order valence-corrected chi connectivity index (χ1v) is 13.7. The van der Waals surface area contributed by atoms with Gasteiger partial charge in [0.2, 0.25) is 0 Å². The van der Waals surface area contributed by atoms with Gasteiger partial charge < -0.3 is 4.98 Å². The summed E-state index contributed by atoms with van der Waals surface area (Å²) in [6, 6.07) is 27.3. The van der Waals surface area contributed by atoms with Gasteiger partial charge in [0.1, 0.15) is 4.83 Å². The number of aryl methyl sites for hydroxylation is 2. The molecule has 0 aliphatic heterocycles. The van der Waals surface area contributed by atoms with Crippen LogP contribution in [0, 0.1) is 13.8 Å². The molecule has 3 aromatic heterocycles. The van der Waals surface area contributed by atoms with Gasteiger partial charge in [-0.25, -0.2) is 4.98 Å². The maximum atomic E-state index is 14.1. The zero-order valence-corrected chi connectivity index (χ0v) is 22.0. The lowest BCUT2D eigenvalue weighted by Crippen LogP contribution is -2.22. The fourth-order valence-electron chi connectivity index (χ4n) is 4.83. The molecule has 0 saturated heterocycles. The molecule has 6 rings (SSSR count). The van der Waals surface area contributed by atoms with E-state index in [0.717, 1.165) is 38.3 Å². The summed E-state index contributed by atoms with van der Waals surface area (Å²) < 4.78 is 1.64. The van der Waals surface area contributed by atoms with E-state index in [2.05, 4.69) is 4.98 Å². The van der Waals surface area contributed by atoms with Gasteiger partial charge in [0.15, 0.2) is 10.9 Å². The van der Waals surface area contributed by atoms with Gasteiger partial charge in [0, 0.05) is 32.6 Å². The number of carbonyl (C=O) groups excluding carboxylic acids is 1. The molecule has 0 aliphatic rings. The third-order valence-corrected chi connectivity index (χ3v) is 8.39. The van der Waals surface area contributed by atoms with Crippen LogP contribution in [0.5, 0.6) is 0 Å². The normalized spacial score (nSPS) is 11.4. The summed E-state index contributed by atoms with van der Waals surface area (Å²) in [5, 5.41) is 2.03. The van der Waals surface area contributed by atoms with E-state index in [0.29, 0.717) is 20.9 Å². The van der Waals surface area contributed by atoms with E-state index in [1.54, 1.807) is 4.57 Å². The predicted molar refractivity (Wildman–Crippen MR) is 153 cm³/mol. The van der Waals surface area contributed by atoms with Gasteiger partial charge in [-0.2, -0.15) is 0 Å². The van der Waals surface area contributed by atoms with E-state index < -0.39 is 0 Å². The minimum absolute atomic E-state index is 0.00115. The number of hydrogen-bond donors (Lipinski definition) is 1. The van der Waals surface area contributed by atoms with Crippen LogP contribution < -0.4 is 5.56 Å². The molecule has 0 fully saturated rings. The van der Waals surface area contributed by atoms with Gasteiger partial charge in [-0.05, 0) is 37.6 Å². The number of hydrogen-bond acceptors (Lipinski definition) is 5. The van der Waals surface area contributed by atoms with E-state index in [1.165, 1.54) is 23.1 Å². The van der Waals surface area contributed by atoms with Crippen molar-refractivity contribution in [2.24, 2.45) is 0 Å². The van der Waals surface area contributed by atoms with Crippen molar-refractivity contribution in [3.63, 3.8) is 0 Å². The Kier molecular flexibility index (Phi) is 6.02. The number of rotatable bonds is 6. The van der Waals surface area contributed by atoms with Crippen LogP contribution in [0.2, 0.25) is 0 Å². The monoisotopic (exact) mass is 521 g/mol. The summed E-state index contributed by atoms with van der Waals surface area (Å²) in [5.74, 6) is 0.171. The average molecular weight is 522 g/mol. The predicted octanol–water partition coefficient (Wildman–Crippen LogP) is 7.19. The molecule has 37 heavy (non-hydrogen) atoms. The number of nitrogens with zero attached hydrogens (tertiary/aromatic N) is 2. The van der Waals surface area contributed by atoms with Crippen LogP contribution in [0.1, 0.15) is 20.9 Å². The summed E-state index contributed by atoms with van der Waals surface area (Å²) >= 11 is 2.81. The Hall–Kier alpha value is -3.94. The molecule has 7 heteroatoms. The van der Waals surface area contributed by atoms with Crippen molar-refractivity contribution < 1.29 is 4.79 Å². The summed E-state index contributed by atoms with van der Waals surface area (Å²) in [6.45, 7) is 3.94. The molecule has 0 unspecified atom stereocenters. The van der Waals surface area contributed by atoms with E-state index in [-0.39, 0.29) is 17.1 Å². The lowest BCUT2D eigenvalue weighted by molar-refractivity contribution is 0.102. The van der Waals surface area contributed by atoms with Crippen LogP contribution in [0.4, 0.5) is 0 Å². The third kappa shape index (κ3) is 4.10. The molecule has 182 valence electrons. The standard InChI is InChI=1S/C30H23N3O2S2/c1-18-25(22-15-9-10-16-23(22)31-18)24(34)17-36-30-32-28-27(29(35)33(30)21-13-7-4-8-14-21)26(19(2)37-28)20-11-5-3-6-12-20/h3-16,31H,17H2,1-2H3. The van der Waals surface area contributed by atoms with E-state index >= 15 is 0 Å². The Balaban J connectivity index is 1.47. The molecule has 0 amide bonds. The lowest BCUT2D eigenvalue weighted by atomic mass is 10.0. The van der Waals surface area contributed by atoms with Crippen LogP contribution in [0.25, 0.3) is 37.9 Å². The molecule has 0 spiro atoms. The maximum absolute atomic E-state index is 14.1. The SMILES string of the molecule is Cc1[nH]c2ccccc2c1C(=O)CSc1nc2sc(C)c(-c3ccccc3)c2c(=O)n1-c1ccccc1. The summed E-state index contributed by atoms with van der Waals surface area (Å²) in [5.41, 5.74) is 4.99. The van der Waals surface area contributed by atoms with Crippen LogP contribution in [-0.4, -0.2) is 26.1 Å². The van der Waals surface area contributed by atoms with Gasteiger partial charge in [0.05, 0.1) is 16.8 Å². The van der Waals surface area contributed by atoms with Gasteiger partial charge in [-0.3, -0.25) is 14.2 Å². The number of aromatic nitrogens is 3. The van der Waals surface area contributed by atoms with Crippen molar-refractivity contribution >= 4 is 50.0 Å². The molecule has 3 aromatic carbocycles. The minimum atomic E-state index is -0.127. The number of H-pyrrole nitrogens is 1. The van der Waals surface area contributed by atoms with Crippen LogP contribution in [-0.2, 0) is 0 Å². The zero-order valence-electron chi connectivity index (χ0n) is 20.3. The fraction of sp³-hybridized carbons (Fsp3) is 0.100. The Morgan fingerprint density at radius 1 is 0.946 bits per heavy atom. The molecule has 6 aromatic rings. The first-order chi connectivity index (χ1) is 18.0. The van der Waals surface area contributed by atoms with E-state index in [4.69, 9.17) is 4.98 Å². The number of carbonyl (C=O) groups is 1. The number of thiophene rings is 1. The Morgan fingerprint density at radius 3 is 2.38 bits per heavy atom. The molecule has 0 saturated carbocycles. The number of fused-ring (bicyclic) bond motifs is 2. The largest absolute Gasteiger partial charge is 0.358 e. The Labute approximate surface area is 221 Å². The van der Waals surface area contributed by atoms with Crippen molar-refractivity contribution in [1.82, 2.24) is 14.5 Å². The molecular formula is C30H23N3O2S2. The molecule has 1 N–H and O–H groups in total. The van der Waals surface area contributed by atoms with E-state index in [1.807, 2.05) is 98.8 Å². The number of ketones is 1. The minimum Gasteiger partial charge on any atom is -0.358 e. The quantitative estimate of drug-likeness (QED) is 0.143. The fourth-order valence-corrected chi connectivity index (χ4v) is 6.81.